The van der Waals surface area contributed by atoms with E-state index < -0.39 is 17.7 Å². The summed E-state index contributed by atoms with van der Waals surface area (Å²) in [6.07, 6.45) is 3.24. The molecular weight excluding hydrogens is 300 g/mol. The first-order valence-corrected chi connectivity index (χ1v) is 7.36. The normalized spacial score (nSPS) is 17.5. The van der Waals surface area contributed by atoms with Crippen LogP contribution in [0.1, 0.15) is 30.1 Å². The molecule has 0 radical (unpaired) electrons. The zero-order valence-corrected chi connectivity index (χ0v) is 13.2. The number of pyridine rings is 1. The lowest BCUT2D eigenvalue weighted by Gasteiger charge is -2.30. The molecule has 0 aliphatic carbocycles. The molecule has 1 aliphatic rings. The molecule has 8 heteroatoms. The molecule has 3 N–H and O–H groups in total. The Morgan fingerprint density at radius 1 is 1.43 bits per heavy atom. The van der Waals surface area contributed by atoms with Crippen molar-refractivity contribution in [3.05, 3.63) is 17.8 Å². The van der Waals surface area contributed by atoms with Crippen LogP contribution in [0.3, 0.4) is 0 Å². The summed E-state index contributed by atoms with van der Waals surface area (Å²) < 4.78 is 4.92. The molecule has 1 aromatic heterocycles. The molecule has 23 heavy (non-hydrogen) atoms. The van der Waals surface area contributed by atoms with Gasteiger partial charge in [-0.25, -0.2) is 4.98 Å². The second kappa shape index (κ2) is 7.08. The minimum Gasteiger partial charge on any atom is -0.480 e. The predicted molar refractivity (Wildman–Crippen MR) is 82.9 cm³/mol. The number of nitrogens with two attached hydrogens (primary N) is 1. The predicted octanol–water partition coefficient (Wildman–Crippen LogP) is 0.386. The second-order valence-electron chi connectivity index (χ2n) is 5.60. The van der Waals surface area contributed by atoms with Gasteiger partial charge < -0.3 is 20.7 Å². The average Bonchev–Trinajstić information content (AvgIpc) is 2.53. The number of aromatic nitrogens is 1. The summed E-state index contributed by atoms with van der Waals surface area (Å²) in [5.41, 5.74) is 5.48. The highest BCUT2D eigenvalue weighted by molar-refractivity contribution is 6.39. The van der Waals surface area contributed by atoms with Crippen LogP contribution in [0.4, 0.5) is 5.69 Å². The number of nitrogens with one attached hydrogen (secondary N) is 1. The van der Waals surface area contributed by atoms with Crippen molar-refractivity contribution in [1.82, 2.24) is 9.88 Å². The van der Waals surface area contributed by atoms with Crippen molar-refractivity contribution in [1.29, 1.82) is 0 Å². The van der Waals surface area contributed by atoms with Crippen LogP contribution in [0.15, 0.2) is 12.3 Å². The number of ether oxygens (including phenoxy) is 1. The van der Waals surface area contributed by atoms with Gasteiger partial charge in [-0.1, -0.05) is 6.92 Å². The van der Waals surface area contributed by atoms with E-state index in [1.165, 1.54) is 24.3 Å². The molecule has 1 fully saturated rings. The Labute approximate surface area is 134 Å². The molecule has 1 atom stereocenters. The third-order valence-corrected chi connectivity index (χ3v) is 3.71. The highest BCUT2D eigenvalue weighted by Crippen LogP contribution is 2.19. The number of nitrogens with zero attached hydrogens (tertiary/aromatic N) is 2. The molecule has 0 spiro atoms. The maximum atomic E-state index is 12.2. The minimum absolute atomic E-state index is 0.0318. The molecule has 2 rings (SSSR count). The van der Waals surface area contributed by atoms with Crippen LogP contribution in [0.5, 0.6) is 5.88 Å². The van der Waals surface area contributed by atoms with E-state index in [-0.39, 0.29) is 17.1 Å². The van der Waals surface area contributed by atoms with E-state index in [0.29, 0.717) is 19.0 Å². The Balaban J connectivity index is 2.09. The number of methoxy groups -OCH3 is 1. The molecule has 3 amide bonds. The fourth-order valence-corrected chi connectivity index (χ4v) is 2.56. The Morgan fingerprint density at radius 3 is 2.78 bits per heavy atom. The number of hydrogen-bond acceptors (Lipinski definition) is 5. The van der Waals surface area contributed by atoms with E-state index in [1.54, 1.807) is 0 Å². The van der Waals surface area contributed by atoms with Crippen LogP contribution in [0, 0.1) is 5.92 Å². The molecule has 8 nitrogen and oxygen atoms in total. The number of anilines is 1. The molecular formula is C15H20N4O4. The maximum Gasteiger partial charge on any atom is 0.313 e. The highest BCUT2D eigenvalue weighted by atomic mass is 16.5. The number of hydrogen-bond donors (Lipinski definition) is 2. The third kappa shape index (κ3) is 3.97. The number of carbonyl (C=O) groups excluding carboxylic acids is 3. The van der Waals surface area contributed by atoms with Gasteiger partial charge in [0, 0.05) is 13.1 Å². The Kier molecular flexibility index (Phi) is 5.15. The zero-order valence-electron chi connectivity index (χ0n) is 13.2. The first-order valence-electron chi connectivity index (χ1n) is 7.36. The fourth-order valence-electron chi connectivity index (χ4n) is 2.56. The van der Waals surface area contributed by atoms with Crippen LogP contribution in [0.25, 0.3) is 0 Å². The van der Waals surface area contributed by atoms with Gasteiger partial charge in [-0.05, 0) is 24.8 Å². The van der Waals surface area contributed by atoms with Crippen molar-refractivity contribution in [2.45, 2.75) is 19.8 Å². The maximum absolute atomic E-state index is 12.2. The van der Waals surface area contributed by atoms with Crippen LogP contribution in [-0.2, 0) is 9.59 Å². The van der Waals surface area contributed by atoms with Gasteiger partial charge in [-0.3, -0.25) is 14.4 Å². The molecule has 0 aromatic carbocycles. The Hall–Kier alpha value is -2.64. The van der Waals surface area contributed by atoms with Crippen molar-refractivity contribution >= 4 is 23.4 Å². The summed E-state index contributed by atoms with van der Waals surface area (Å²) in [6.45, 7) is 3.19. The lowest BCUT2D eigenvalue weighted by molar-refractivity contribution is -0.144. The number of primary amides is 1. The first-order chi connectivity index (χ1) is 10.9. The summed E-state index contributed by atoms with van der Waals surface area (Å²) >= 11 is 0. The van der Waals surface area contributed by atoms with Crippen LogP contribution >= 0.6 is 0 Å². The summed E-state index contributed by atoms with van der Waals surface area (Å²) in [5, 5.41) is 2.44. The van der Waals surface area contributed by atoms with Gasteiger partial charge in [-0.15, -0.1) is 0 Å². The summed E-state index contributed by atoms with van der Waals surface area (Å²) in [4.78, 5) is 41.0. The lowest BCUT2D eigenvalue weighted by atomic mass is 10.0. The topological polar surface area (TPSA) is 115 Å². The van der Waals surface area contributed by atoms with Gasteiger partial charge in [0.15, 0.2) is 0 Å². The van der Waals surface area contributed by atoms with Gasteiger partial charge in [0.2, 0.25) is 5.88 Å². The van der Waals surface area contributed by atoms with E-state index in [4.69, 9.17) is 10.5 Å². The SMILES string of the molecule is COc1ncc(NC(=O)C(=O)N2CCCC(C)C2)cc1C(N)=O. The molecule has 2 heterocycles. The summed E-state index contributed by atoms with van der Waals surface area (Å²) in [7, 11) is 1.36. The van der Waals surface area contributed by atoms with E-state index >= 15 is 0 Å². The highest BCUT2D eigenvalue weighted by Gasteiger charge is 2.26. The molecule has 1 aromatic rings. The molecule has 0 bridgehead atoms. The monoisotopic (exact) mass is 320 g/mol. The molecule has 124 valence electrons. The minimum atomic E-state index is -0.763. The largest absolute Gasteiger partial charge is 0.480 e. The van der Waals surface area contributed by atoms with Gasteiger partial charge in [0.25, 0.3) is 5.91 Å². The van der Waals surface area contributed by atoms with Crippen molar-refractivity contribution < 1.29 is 19.1 Å². The smallest absolute Gasteiger partial charge is 0.313 e. The summed E-state index contributed by atoms with van der Waals surface area (Å²) in [6, 6.07) is 1.33. The number of piperidine rings is 1. The number of rotatable bonds is 3. The van der Waals surface area contributed by atoms with Crippen molar-refractivity contribution in [2.24, 2.45) is 11.7 Å². The Morgan fingerprint density at radius 2 is 2.17 bits per heavy atom. The lowest BCUT2D eigenvalue weighted by Crippen LogP contribution is -2.44. The van der Waals surface area contributed by atoms with Crippen LogP contribution < -0.4 is 15.8 Å². The van der Waals surface area contributed by atoms with E-state index in [2.05, 4.69) is 10.3 Å². The molecule has 1 aliphatic heterocycles. The van der Waals surface area contributed by atoms with Crippen molar-refractivity contribution in [3.8, 4) is 5.88 Å². The molecule has 1 saturated heterocycles. The first kappa shape index (κ1) is 16.7. The van der Waals surface area contributed by atoms with Gasteiger partial charge in [0.05, 0.1) is 19.0 Å². The van der Waals surface area contributed by atoms with E-state index in [9.17, 15) is 14.4 Å². The average molecular weight is 320 g/mol. The van der Waals surface area contributed by atoms with Gasteiger partial charge >= 0.3 is 11.8 Å². The van der Waals surface area contributed by atoms with Crippen molar-refractivity contribution in [2.75, 3.05) is 25.5 Å². The third-order valence-electron chi connectivity index (χ3n) is 3.71. The second-order valence-corrected chi connectivity index (χ2v) is 5.60. The van der Waals surface area contributed by atoms with Crippen molar-refractivity contribution in [3.63, 3.8) is 0 Å². The van der Waals surface area contributed by atoms with Gasteiger partial charge in [-0.2, -0.15) is 0 Å². The number of carbonyl (C=O) groups is 3. The van der Waals surface area contributed by atoms with Crippen LogP contribution in [-0.4, -0.2) is 47.8 Å². The summed E-state index contributed by atoms with van der Waals surface area (Å²) in [5.74, 6) is -1.65. The Bertz CT molecular complexity index is 632. The standard InChI is InChI=1S/C15H20N4O4/c1-9-4-3-5-19(8-9)15(22)13(21)18-10-6-11(12(16)20)14(23-2)17-7-10/h6-7,9H,3-5,8H2,1-2H3,(H2,16,20)(H,18,21). The number of likely N-dealkylation sites (tertiary alicyclic amines) is 1. The van der Waals surface area contributed by atoms with E-state index in [0.717, 1.165) is 12.8 Å². The van der Waals surface area contributed by atoms with Crippen LogP contribution in [0.2, 0.25) is 0 Å². The molecule has 1 unspecified atom stereocenters. The molecule has 0 saturated carbocycles. The zero-order chi connectivity index (χ0) is 17.0. The van der Waals surface area contributed by atoms with E-state index in [1.807, 2.05) is 6.92 Å². The quantitative estimate of drug-likeness (QED) is 0.782. The van der Waals surface area contributed by atoms with Gasteiger partial charge in [0.1, 0.15) is 5.56 Å². The fraction of sp³-hybridized carbons (Fsp3) is 0.467. The number of amides is 3.